The quantitative estimate of drug-likeness (QED) is 0.510. The van der Waals surface area contributed by atoms with Gasteiger partial charge in [-0.3, -0.25) is 10.1 Å². The van der Waals surface area contributed by atoms with E-state index in [0.717, 1.165) is 19.2 Å². The second-order valence-electron chi connectivity index (χ2n) is 7.86. The number of nitrogens with one attached hydrogen (secondary N) is 2. The highest BCUT2D eigenvalue weighted by atomic mass is 35.5. The maximum Gasteiger partial charge on any atom is 0.419 e. The first-order valence-corrected chi connectivity index (χ1v) is 10.2. The fourth-order valence-electron chi connectivity index (χ4n) is 3.72. The van der Waals surface area contributed by atoms with E-state index >= 15 is 0 Å². The van der Waals surface area contributed by atoms with Gasteiger partial charge in [0.1, 0.15) is 5.82 Å². The number of halogens is 5. The first-order valence-electron chi connectivity index (χ1n) is 10.2. The van der Waals surface area contributed by atoms with E-state index in [1.54, 1.807) is 6.92 Å². The summed E-state index contributed by atoms with van der Waals surface area (Å²) in [6.45, 7) is 4.38. The van der Waals surface area contributed by atoms with Crippen molar-refractivity contribution in [3.05, 3.63) is 47.0 Å². The Morgan fingerprint density at radius 1 is 1.14 bits per heavy atom. The highest BCUT2D eigenvalue weighted by Crippen LogP contribution is 2.34. The summed E-state index contributed by atoms with van der Waals surface area (Å²) >= 11 is 0. The molecule has 0 saturated carbocycles. The van der Waals surface area contributed by atoms with Crippen LogP contribution in [0, 0.1) is 12.7 Å². The monoisotopic (exact) mass is 516 g/mol. The number of carbonyl (C=O) groups is 2. The van der Waals surface area contributed by atoms with Crippen LogP contribution in [0.5, 0.6) is 0 Å². The van der Waals surface area contributed by atoms with Gasteiger partial charge >= 0.3 is 12.2 Å². The molecular formula is C21H21ClF4N6O3. The van der Waals surface area contributed by atoms with E-state index < -0.39 is 29.5 Å². The summed E-state index contributed by atoms with van der Waals surface area (Å²) in [6.07, 6.45) is -3.69. The molecule has 2 N–H and O–H groups in total. The van der Waals surface area contributed by atoms with Crippen LogP contribution in [0.25, 0.3) is 11.1 Å². The van der Waals surface area contributed by atoms with E-state index in [1.165, 1.54) is 6.20 Å². The number of piperazine rings is 1. The first kappa shape index (κ1) is 26.2. The molecule has 0 atom stereocenters. The Hall–Kier alpha value is -3.45. The number of urea groups is 1. The van der Waals surface area contributed by atoms with Crippen LogP contribution in [-0.2, 0) is 6.18 Å². The molecule has 0 radical (unpaired) electrons. The molecule has 14 heteroatoms. The first-order chi connectivity index (χ1) is 16.0. The summed E-state index contributed by atoms with van der Waals surface area (Å²) in [6, 6.07) is 0.899. The Morgan fingerprint density at radius 3 is 2.49 bits per heavy atom. The molecule has 0 spiro atoms. The molecule has 1 aliphatic heterocycles. The molecule has 0 unspecified atom stereocenters. The number of pyridine rings is 1. The van der Waals surface area contributed by atoms with Crippen LogP contribution in [0.4, 0.5) is 33.7 Å². The molecular weight excluding hydrogens is 496 g/mol. The Kier molecular flexibility index (Phi) is 7.50. The summed E-state index contributed by atoms with van der Waals surface area (Å²) in [5.41, 5.74) is -0.537. The van der Waals surface area contributed by atoms with Crippen molar-refractivity contribution in [1.29, 1.82) is 0 Å². The van der Waals surface area contributed by atoms with Crippen LogP contribution in [0.2, 0.25) is 0 Å². The van der Waals surface area contributed by atoms with Crippen LogP contribution >= 0.6 is 12.4 Å². The van der Waals surface area contributed by atoms with Crippen LogP contribution in [-0.4, -0.2) is 60.2 Å². The predicted octanol–water partition coefficient (Wildman–Crippen LogP) is 3.82. The van der Waals surface area contributed by atoms with Gasteiger partial charge in [-0.15, -0.1) is 12.4 Å². The molecule has 0 aliphatic carbocycles. The van der Waals surface area contributed by atoms with Gasteiger partial charge in [-0.05, 0) is 32.2 Å². The molecule has 188 valence electrons. The lowest BCUT2D eigenvalue weighted by Gasteiger charge is -2.35. The molecule has 3 heterocycles. The number of likely N-dealkylation sites (N-methyl/N-ethyl adjacent to an activating group) is 1. The lowest BCUT2D eigenvalue weighted by molar-refractivity contribution is -0.139. The van der Waals surface area contributed by atoms with Gasteiger partial charge in [-0.25, -0.2) is 14.2 Å². The fourth-order valence-corrected chi connectivity index (χ4v) is 3.72. The zero-order valence-corrected chi connectivity index (χ0v) is 19.4. The van der Waals surface area contributed by atoms with E-state index in [0.29, 0.717) is 42.0 Å². The maximum atomic E-state index is 13.5. The molecule has 35 heavy (non-hydrogen) atoms. The molecule has 3 aromatic rings. The Bertz CT molecular complexity index is 1260. The number of aryl methyl sites for hydroxylation is 1. The molecule has 9 nitrogen and oxygen atoms in total. The van der Waals surface area contributed by atoms with E-state index in [9.17, 15) is 27.2 Å². The van der Waals surface area contributed by atoms with Crippen LogP contribution in [0.3, 0.4) is 0 Å². The lowest BCUT2D eigenvalue weighted by Crippen LogP contribution is -2.45. The number of benzene rings is 1. The smallest absolute Gasteiger partial charge is 0.368 e. The summed E-state index contributed by atoms with van der Waals surface area (Å²) in [5.74, 6) is -2.30. The van der Waals surface area contributed by atoms with Crippen molar-refractivity contribution in [1.82, 2.24) is 20.4 Å². The molecule has 0 bridgehead atoms. The van der Waals surface area contributed by atoms with Crippen molar-refractivity contribution >= 4 is 46.8 Å². The number of aromatic nitrogens is 2. The predicted molar refractivity (Wildman–Crippen MR) is 121 cm³/mol. The number of anilines is 2. The lowest BCUT2D eigenvalue weighted by atomic mass is 10.1. The van der Waals surface area contributed by atoms with Crippen molar-refractivity contribution in [3.63, 3.8) is 0 Å². The highest BCUT2D eigenvalue weighted by molar-refractivity contribution is 6.13. The SMILES string of the molecule is Cc1noc2ncc(C(=O)NC(=O)Nc3ccc(F)c(C(F)(F)F)c3)c(N3CCN(C)CC3)c12.Cl. The number of carbonyl (C=O) groups excluding carboxylic acids is 2. The summed E-state index contributed by atoms with van der Waals surface area (Å²) in [5, 5.41) is 8.66. The van der Waals surface area contributed by atoms with Crippen molar-refractivity contribution in [2.45, 2.75) is 13.1 Å². The average molecular weight is 517 g/mol. The van der Waals surface area contributed by atoms with Crippen molar-refractivity contribution in [2.75, 3.05) is 43.4 Å². The van der Waals surface area contributed by atoms with E-state index in [-0.39, 0.29) is 29.4 Å². The van der Waals surface area contributed by atoms with Gasteiger partial charge in [0.2, 0.25) is 0 Å². The number of imide groups is 1. The van der Waals surface area contributed by atoms with Crippen LogP contribution < -0.4 is 15.5 Å². The summed E-state index contributed by atoms with van der Waals surface area (Å²) < 4.78 is 57.5. The van der Waals surface area contributed by atoms with Gasteiger partial charge in [0.15, 0.2) is 0 Å². The Morgan fingerprint density at radius 2 is 1.83 bits per heavy atom. The summed E-state index contributed by atoms with van der Waals surface area (Å²) in [7, 11) is 1.97. The maximum absolute atomic E-state index is 13.5. The molecule has 1 aromatic carbocycles. The molecule has 1 saturated heterocycles. The third-order valence-electron chi connectivity index (χ3n) is 5.47. The topological polar surface area (TPSA) is 104 Å². The Balaban J connectivity index is 0.00000342. The minimum atomic E-state index is -4.94. The number of hydrogen-bond acceptors (Lipinski definition) is 7. The zero-order chi connectivity index (χ0) is 24.6. The molecule has 2 aromatic heterocycles. The van der Waals surface area contributed by atoms with Crippen LogP contribution in [0.15, 0.2) is 28.9 Å². The van der Waals surface area contributed by atoms with Crippen LogP contribution in [0.1, 0.15) is 21.6 Å². The van der Waals surface area contributed by atoms with Gasteiger partial charge in [-0.2, -0.15) is 13.2 Å². The molecule has 3 amide bonds. The number of nitrogens with zero attached hydrogens (tertiary/aromatic N) is 4. The Labute approximate surface area is 202 Å². The third-order valence-corrected chi connectivity index (χ3v) is 5.47. The second kappa shape index (κ2) is 10.0. The normalized spacial score (nSPS) is 14.5. The zero-order valence-electron chi connectivity index (χ0n) is 18.6. The van der Waals surface area contributed by atoms with Gasteiger partial charge in [-0.1, -0.05) is 5.16 Å². The second-order valence-corrected chi connectivity index (χ2v) is 7.86. The van der Waals surface area contributed by atoms with Gasteiger partial charge in [0.25, 0.3) is 11.6 Å². The van der Waals surface area contributed by atoms with Crippen molar-refractivity contribution in [3.8, 4) is 0 Å². The third kappa shape index (κ3) is 5.46. The largest absolute Gasteiger partial charge is 0.419 e. The van der Waals surface area contributed by atoms with Gasteiger partial charge < -0.3 is 19.6 Å². The molecule has 1 aliphatic rings. The number of hydrogen-bond donors (Lipinski definition) is 2. The van der Waals surface area contributed by atoms with Gasteiger partial charge in [0.05, 0.1) is 27.9 Å². The number of rotatable bonds is 3. The van der Waals surface area contributed by atoms with Crippen molar-refractivity contribution < 1.29 is 31.7 Å². The minimum absolute atomic E-state index is 0. The standard InChI is InChI=1S/C21H20F4N6O3.ClH/c1-11-16-17(31-7-5-30(2)6-8-31)13(10-26-19(16)34-29-11)18(32)28-20(33)27-12-3-4-15(22)14(9-12)21(23,24)25;/h3-4,9-10H,5-8H2,1-2H3,(H2,27,28,32,33);1H. The average Bonchev–Trinajstić information content (AvgIpc) is 3.15. The fraction of sp³-hybridized carbons (Fsp3) is 0.333. The molecule has 1 fully saturated rings. The van der Waals surface area contributed by atoms with E-state index in [4.69, 9.17) is 4.52 Å². The molecule has 4 rings (SSSR count). The van der Waals surface area contributed by atoms with Crippen molar-refractivity contribution in [2.24, 2.45) is 0 Å². The van der Waals surface area contributed by atoms with E-state index in [1.807, 2.05) is 11.9 Å². The van der Waals surface area contributed by atoms with Gasteiger partial charge in [0, 0.05) is 38.1 Å². The number of amides is 3. The highest BCUT2D eigenvalue weighted by Gasteiger charge is 2.34. The number of alkyl halides is 3. The van der Waals surface area contributed by atoms with E-state index in [2.05, 4.69) is 25.7 Å². The number of fused-ring (bicyclic) bond motifs is 1. The minimum Gasteiger partial charge on any atom is -0.368 e. The summed E-state index contributed by atoms with van der Waals surface area (Å²) in [4.78, 5) is 33.6.